The molecule has 0 aromatic heterocycles. The lowest BCUT2D eigenvalue weighted by Crippen LogP contribution is -2.44. The van der Waals surface area contributed by atoms with E-state index in [0.717, 1.165) is 12.8 Å². The van der Waals surface area contributed by atoms with Gasteiger partial charge in [-0.2, -0.15) is 0 Å². The van der Waals surface area contributed by atoms with E-state index in [1.165, 1.54) is 32.1 Å². The molecule has 1 aliphatic carbocycles. The van der Waals surface area contributed by atoms with Gasteiger partial charge in [-0.25, -0.2) is 4.79 Å². The second kappa shape index (κ2) is 8.35. The molecule has 1 rings (SSSR count). The Labute approximate surface area is 111 Å². The number of carbonyl (C=O) groups is 1. The zero-order valence-corrected chi connectivity index (χ0v) is 11.8. The maximum atomic E-state index is 12.0. The molecule has 2 N–H and O–H groups in total. The number of urea groups is 1. The molecule has 18 heavy (non-hydrogen) atoms. The molecule has 0 heterocycles. The molecule has 1 saturated carbocycles. The molecular weight excluding hydrogens is 228 g/mol. The first kappa shape index (κ1) is 15.3. The number of hydrogen-bond donors (Lipinski definition) is 2. The zero-order chi connectivity index (χ0) is 13.4. The van der Waals surface area contributed by atoms with E-state index < -0.39 is 0 Å². The lowest BCUT2D eigenvalue weighted by Gasteiger charge is -2.25. The number of nitrogens with one attached hydrogen (secondary N) is 1. The lowest BCUT2D eigenvalue weighted by atomic mass is 9.97. The molecule has 1 fully saturated rings. The van der Waals surface area contributed by atoms with Crippen molar-refractivity contribution in [1.82, 2.24) is 10.2 Å². The van der Waals surface area contributed by atoms with Gasteiger partial charge in [-0.15, -0.1) is 0 Å². The normalized spacial score (nSPS) is 19.7. The number of amides is 2. The van der Waals surface area contributed by atoms with E-state index in [-0.39, 0.29) is 12.1 Å². The first-order valence-electron chi connectivity index (χ1n) is 7.29. The van der Waals surface area contributed by atoms with Gasteiger partial charge in [-0.05, 0) is 26.2 Å². The molecule has 4 heteroatoms. The quantitative estimate of drug-likeness (QED) is 0.812. The van der Waals surface area contributed by atoms with Crippen LogP contribution in [0.2, 0.25) is 0 Å². The van der Waals surface area contributed by atoms with Gasteiger partial charge < -0.3 is 15.3 Å². The molecular formula is C14H28N2O2. The van der Waals surface area contributed by atoms with Crippen LogP contribution in [-0.4, -0.2) is 41.8 Å². The van der Waals surface area contributed by atoms with Crippen LogP contribution in [0, 0.1) is 0 Å². The minimum absolute atomic E-state index is 0.00113. The summed E-state index contributed by atoms with van der Waals surface area (Å²) in [6.45, 7) is 2.36. The number of rotatable bonds is 4. The van der Waals surface area contributed by atoms with E-state index in [0.29, 0.717) is 19.0 Å². The average Bonchev–Trinajstić information content (AvgIpc) is 2.29. The molecule has 0 aliphatic heterocycles. The minimum Gasteiger partial charge on any atom is -0.393 e. The molecule has 0 saturated heterocycles. The van der Waals surface area contributed by atoms with Crippen molar-refractivity contribution in [2.24, 2.45) is 0 Å². The highest BCUT2D eigenvalue weighted by Gasteiger charge is 2.16. The van der Waals surface area contributed by atoms with Gasteiger partial charge in [0.2, 0.25) is 0 Å². The third-order valence-corrected chi connectivity index (χ3v) is 3.66. The van der Waals surface area contributed by atoms with Crippen LogP contribution in [-0.2, 0) is 0 Å². The number of hydrogen-bond acceptors (Lipinski definition) is 2. The topological polar surface area (TPSA) is 52.6 Å². The Bertz CT molecular complexity index is 236. The third kappa shape index (κ3) is 6.24. The summed E-state index contributed by atoms with van der Waals surface area (Å²) in [6.07, 6.45) is 8.89. The van der Waals surface area contributed by atoms with Crippen LogP contribution in [0.15, 0.2) is 0 Å². The fraction of sp³-hybridized carbons (Fsp3) is 0.929. The first-order valence-corrected chi connectivity index (χ1v) is 7.29. The summed E-state index contributed by atoms with van der Waals surface area (Å²) in [6, 6.07) is 0.341. The second-order valence-electron chi connectivity index (χ2n) is 5.55. The van der Waals surface area contributed by atoms with E-state index in [9.17, 15) is 9.90 Å². The van der Waals surface area contributed by atoms with E-state index in [4.69, 9.17) is 0 Å². The second-order valence-corrected chi connectivity index (χ2v) is 5.55. The molecule has 0 radical (unpaired) electrons. The highest BCUT2D eigenvalue weighted by Crippen LogP contribution is 2.17. The van der Waals surface area contributed by atoms with Crippen molar-refractivity contribution in [2.75, 3.05) is 13.6 Å². The molecule has 1 aliphatic rings. The van der Waals surface area contributed by atoms with Crippen LogP contribution in [0.3, 0.4) is 0 Å². The molecule has 2 amide bonds. The molecule has 4 nitrogen and oxygen atoms in total. The summed E-state index contributed by atoms with van der Waals surface area (Å²) in [7, 11) is 1.79. The summed E-state index contributed by atoms with van der Waals surface area (Å²) in [5.41, 5.74) is 0. The lowest BCUT2D eigenvalue weighted by molar-refractivity contribution is 0.161. The largest absolute Gasteiger partial charge is 0.393 e. The number of nitrogens with zero attached hydrogens (tertiary/aromatic N) is 1. The van der Waals surface area contributed by atoms with Crippen LogP contribution >= 0.6 is 0 Å². The Morgan fingerprint density at radius 1 is 1.28 bits per heavy atom. The average molecular weight is 256 g/mol. The zero-order valence-electron chi connectivity index (χ0n) is 11.8. The van der Waals surface area contributed by atoms with Gasteiger partial charge in [0.05, 0.1) is 6.10 Å². The predicted octanol–water partition coefficient (Wildman–Crippen LogP) is 2.51. The number of carbonyl (C=O) groups excluding carboxylic acids is 1. The van der Waals surface area contributed by atoms with Crippen LogP contribution in [0.1, 0.15) is 58.3 Å². The molecule has 106 valence electrons. The van der Waals surface area contributed by atoms with Crippen LogP contribution < -0.4 is 5.32 Å². The van der Waals surface area contributed by atoms with Crippen molar-refractivity contribution in [3.05, 3.63) is 0 Å². The van der Waals surface area contributed by atoms with Crippen molar-refractivity contribution in [3.63, 3.8) is 0 Å². The Hall–Kier alpha value is -0.770. The summed E-state index contributed by atoms with van der Waals surface area (Å²) < 4.78 is 0. The maximum absolute atomic E-state index is 12.0. The standard InChI is InChI=1S/C14H28N2O2/c1-12(17)10-11-16(2)14(18)15-13-8-6-4-3-5-7-9-13/h12-13,17H,3-11H2,1-2H3,(H,15,18). The Morgan fingerprint density at radius 3 is 2.39 bits per heavy atom. The highest BCUT2D eigenvalue weighted by atomic mass is 16.3. The SMILES string of the molecule is CC(O)CCN(C)C(=O)NC1CCCCCCC1. The van der Waals surface area contributed by atoms with Crippen LogP contribution in [0.5, 0.6) is 0 Å². The molecule has 0 aromatic rings. The van der Waals surface area contributed by atoms with E-state index in [2.05, 4.69) is 5.32 Å². The van der Waals surface area contributed by atoms with Gasteiger partial charge in [-0.1, -0.05) is 32.1 Å². The Balaban J connectivity index is 2.27. The molecule has 0 bridgehead atoms. The molecule has 0 aromatic carbocycles. The Morgan fingerprint density at radius 2 is 1.83 bits per heavy atom. The van der Waals surface area contributed by atoms with E-state index >= 15 is 0 Å². The minimum atomic E-state index is -0.346. The van der Waals surface area contributed by atoms with Gasteiger partial charge in [0.25, 0.3) is 0 Å². The van der Waals surface area contributed by atoms with Gasteiger partial charge in [0, 0.05) is 19.6 Å². The monoisotopic (exact) mass is 256 g/mol. The third-order valence-electron chi connectivity index (χ3n) is 3.66. The van der Waals surface area contributed by atoms with Crippen molar-refractivity contribution in [2.45, 2.75) is 70.4 Å². The summed E-state index contributed by atoms with van der Waals surface area (Å²) >= 11 is 0. The van der Waals surface area contributed by atoms with Gasteiger partial charge in [0.1, 0.15) is 0 Å². The predicted molar refractivity (Wildman–Crippen MR) is 73.6 cm³/mol. The highest BCUT2D eigenvalue weighted by molar-refractivity contribution is 5.74. The van der Waals surface area contributed by atoms with Crippen molar-refractivity contribution < 1.29 is 9.90 Å². The smallest absolute Gasteiger partial charge is 0.317 e. The fourth-order valence-electron chi connectivity index (χ4n) is 2.37. The van der Waals surface area contributed by atoms with Gasteiger partial charge >= 0.3 is 6.03 Å². The van der Waals surface area contributed by atoms with E-state index in [1.807, 2.05) is 0 Å². The summed E-state index contributed by atoms with van der Waals surface area (Å²) in [5, 5.41) is 12.3. The van der Waals surface area contributed by atoms with Crippen molar-refractivity contribution in [3.8, 4) is 0 Å². The summed E-state index contributed by atoms with van der Waals surface area (Å²) in [5.74, 6) is 0. The summed E-state index contributed by atoms with van der Waals surface area (Å²) in [4.78, 5) is 13.6. The van der Waals surface area contributed by atoms with E-state index in [1.54, 1.807) is 18.9 Å². The Kier molecular flexibility index (Phi) is 7.09. The number of aliphatic hydroxyl groups is 1. The number of aliphatic hydroxyl groups excluding tert-OH is 1. The van der Waals surface area contributed by atoms with Crippen molar-refractivity contribution >= 4 is 6.03 Å². The first-order chi connectivity index (χ1) is 8.59. The van der Waals surface area contributed by atoms with Gasteiger partial charge in [0.15, 0.2) is 0 Å². The van der Waals surface area contributed by atoms with Crippen LogP contribution in [0.25, 0.3) is 0 Å². The fourth-order valence-corrected chi connectivity index (χ4v) is 2.37. The molecule has 1 atom stereocenters. The van der Waals surface area contributed by atoms with Crippen molar-refractivity contribution in [1.29, 1.82) is 0 Å². The maximum Gasteiger partial charge on any atom is 0.317 e. The van der Waals surface area contributed by atoms with Gasteiger partial charge in [-0.3, -0.25) is 0 Å². The molecule has 0 spiro atoms. The van der Waals surface area contributed by atoms with Crippen LogP contribution in [0.4, 0.5) is 4.79 Å². The molecule has 1 unspecified atom stereocenters.